The number of hydrogen-bond donors (Lipinski definition) is 1. The molecule has 3 fully saturated rings. The Kier molecular flexibility index (Phi) is 5.43. The average molecular weight is 430 g/mol. The maximum atomic E-state index is 13.5. The summed E-state index contributed by atoms with van der Waals surface area (Å²) >= 11 is 1.43. The fraction of sp³-hybridized carbons (Fsp3) is 0.591. The molecule has 30 heavy (non-hydrogen) atoms. The van der Waals surface area contributed by atoms with Crippen molar-refractivity contribution in [3.63, 3.8) is 0 Å². The minimum absolute atomic E-state index is 0.0344. The molecule has 2 saturated carbocycles. The highest BCUT2D eigenvalue weighted by molar-refractivity contribution is 8.00. The summed E-state index contributed by atoms with van der Waals surface area (Å²) in [6, 6.07) is 6.91. The summed E-state index contributed by atoms with van der Waals surface area (Å²) in [4.78, 5) is 15.4. The molecule has 0 spiro atoms. The Bertz CT molecular complexity index is 901. The summed E-state index contributed by atoms with van der Waals surface area (Å²) in [6.07, 6.45) is 6.64. The van der Waals surface area contributed by atoms with Gasteiger partial charge in [-0.1, -0.05) is 30.8 Å². The van der Waals surface area contributed by atoms with Crippen molar-refractivity contribution in [2.75, 3.05) is 18.0 Å². The third-order valence-corrected chi connectivity index (χ3v) is 7.39. The van der Waals surface area contributed by atoms with Gasteiger partial charge in [-0.15, -0.1) is 10.2 Å². The number of aromatic nitrogens is 3. The number of carbonyl (C=O) groups excluding carboxylic acids is 1. The Morgan fingerprint density at radius 1 is 1.10 bits per heavy atom. The van der Waals surface area contributed by atoms with Crippen molar-refractivity contribution < 1.29 is 9.18 Å². The van der Waals surface area contributed by atoms with Crippen LogP contribution in [-0.4, -0.2) is 39.8 Å². The molecule has 0 bridgehead atoms. The lowest BCUT2D eigenvalue weighted by atomic mass is 10.00. The van der Waals surface area contributed by atoms with Gasteiger partial charge in [0.05, 0.1) is 0 Å². The largest absolute Gasteiger partial charge is 0.352 e. The minimum atomic E-state index is -0.470. The first kappa shape index (κ1) is 19.8. The van der Waals surface area contributed by atoms with Crippen LogP contribution in [0.1, 0.15) is 62.3 Å². The maximum Gasteiger partial charge on any atom is 0.238 e. The molecule has 2 aromatic rings. The molecule has 1 aromatic heterocycles. The van der Waals surface area contributed by atoms with E-state index < -0.39 is 5.25 Å². The van der Waals surface area contributed by atoms with E-state index >= 15 is 0 Å². The lowest BCUT2D eigenvalue weighted by Crippen LogP contribution is -2.34. The molecule has 8 heteroatoms. The van der Waals surface area contributed by atoms with E-state index in [9.17, 15) is 9.18 Å². The van der Waals surface area contributed by atoms with Gasteiger partial charge in [0.25, 0.3) is 0 Å². The molecule has 2 aliphatic carbocycles. The van der Waals surface area contributed by atoms with E-state index in [-0.39, 0.29) is 17.8 Å². The Balaban J connectivity index is 1.42. The van der Waals surface area contributed by atoms with Crippen LogP contribution in [-0.2, 0) is 4.79 Å². The molecular weight excluding hydrogens is 401 g/mol. The topological polar surface area (TPSA) is 63.1 Å². The molecular formula is C22H28FN5OS. The Morgan fingerprint density at radius 2 is 1.80 bits per heavy atom. The molecule has 3 aliphatic rings. The van der Waals surface area contributed by atoms with Crippen LogP contribution in [0, 0.1) is 11.7 Å². The van der Waals surface area contributed by atoms with E-state index in [4.69, 9.17) is 0 Å². The first-order valence-electron chi connectivity index (χ1n) is 11.0. The fourth-order valence-electron chi connectivity index (χ4n) is 3.95. The van der Waals surface area contributed by atoms with Crippen LogP contribution in [0.5, 0.6) is 0 Å². The quantitative estimate of drug-likeness (QED) is 0.672. The van der Waals surface area contributed by atoms with Crippen LogP contribution in [0.3, 0.4) is 0 Å². The van der Waals surface area contributed by atoms with Crippen molar-refractivity contribution in [1.29, 1.82) is 0 Å². The summed E-state index contributed by atoms with van der Waals surface area (Å²) in [5, 5.41) is 12.5. The van der Waals surface area contributed by atoms with Gasteiger partial charge in [-0.3, -0.25) is 9.36 Å². The Morgan fingerprint density at radius 3 is 2.43 bits per heavy atom. The second-order valence-corrected chi connectivity index (χ2v) is 9.96. The van der Waals surface area contributed by atoms with Gasteiger partial charge in [-0.2, -0.15) is 0 Å². The van der Waals surface area contributed by atoms with Gasteiger partial charge in [0.15, 0.2) is 5.16 Å². The normalized spacial score (nSPS) is 20.9. The van der Waals surface area contributed by atoms with Crippen LogP contribution in [0.2, 0.25) is 0 Å². The number of piperidine rings is 1. The number of hydrogen-bond acceptors (Lipinski definition) is 5. The summed E-state index contributed by atoms with van der Waals surface area (Å²) in [5.74, 6) is 1.36. The van der Waals surface area contributed by atoms with Gasteiger partial charge in [0, 0.05) is 25.2 Å². The van der Waals surface area contributed by atoms with Crippen LogP contribution >= 0.6 is 11.8 Å². The number of halogens is 1. The third kappa shape index (κ3) is 4.33. The predicted octanol–water partition coefficient (Wildman–Crippen LogP) is 4.10. The summed E-state index contributed by atoms with van der Waals surface area (Å²) in [6.45, 7) is 4.30. The molecule has 1 N–H and O–H groups in total. The molecule has 6 nitrogen and oxygen atoms in total. The summed E-state index contributed by atoms with van der Waals surface area (Å²) in [7, 11) is 0. The highest BCUT2D eigenvalue weighted by atomic mass is 32.2. The monoisotopic (exact) mass is 429 g/mol. The number of thioether (sulfide) groups is 1. The van der Waals surface area contributed by atoms with Crippen molar-refractivity contribution in [2.45, 2.75) is 67.9 Å². The highest BCUT2D eigenvalue weighted by Crippen LogP contribution is 2.44. The SMILES string of the molecule is CC1CCN(c2nnc(SC(C(=O)NC3CC3)c3ccc(F)cc3)n2C2CC2)CC1. The summed E-state index contributed by atoms with van der Waals surface area (Å²) in [5.41, 5.74) is 0.790. The number of rotatable bonds is 7. The van der Waals surface area contributed by atoms with Crippen molar-refractivity contribution in [2.24, 2.45) is 5.92 Å². The molecule has 2 heterocycles. The smallest absolute Gasteiger partial charge is 0.238 e. The Labute approximate surface area is 180 Å². The third-order valence-electron chi connectivity index (χ3n) is 6.18. The van der Waals surface area contributed by atoms with E-state index in [0.29, 0.717) is 6.04 Å². The molecule has 1 aliphatic heterocycles. The van der Waals surface area contributed by atoms with Gasteiger partial charge in [0.2, 0.25) is 11.9 Å². The van der Waals surface area contributed by atoms with Crippen molar-refractivity contribution in [3.05, 3.63) is 35.6 Å². The standard InChI is InChI=1S/C22H28FN5OS/c1-14-10-12-27(13-11-14)21-25-26-22(28(21)18-8-9-18)30-19(20(29)24-17-6-7-17)15-2-4-16(23)5-3-15/h2-5,14,17-19H,6-13H2,1H3,(H,24,29). The molecule has 1 saturated heterocycles. The number of nitrogens with one attached hydrogen (secondary N) is 1. The molecule has 0 radical (unpaired) electrons. The van der Waals surface area contributed by atoms with Gasteiger partial charge in [-0.05, 0) is 62.1 Å². The van der Waals surface area contributed by atoms with E-state index in [2.05, 4.69) is 31.9 Å². The van der Waals surface area contributed by atoms with Gasteiger partial charge >= 0.3 is 0 Å². The van der Waals surface area contributed by atoms with Crippen LogP contribution in [0.15, 0.2) is 29.4 Å². The zero-order chi connectivity index (χ0) is 20.7. The Hall–Kier alpha value is -2.09. The first-order valence-corrected chi connectivity index (χ1v) is 11.9. The zero-order valence-corrected chi connectivity index (χ0v) is 18.1. The van der Waals surface area contributed by atoms with Gasteiger partial charge in [0.1, 0.15) is 11.1 Å². The maximum absolute atomic E-state index is 13.5. The van der Waals surface area contributed by atoms with Crippen LogP contribution in [0.4, 0.5) is 10.3 Å². The molecule has 1 amide bonds. The molecule has 160 valence electrons. The highest BCUT2D eigenvalue weighted by Gasteiger charge is 2.35. The number of nitrogens with zero attached hydrogens (tertiary/aromatic N) is 4. The number of carbonyl (C=O) groups is 1. The molecule has 1 aromatic carbocycles. The predicted molar refractivity (Wildman–Crippen MR) is 115 cm³/mol. The molecule has 1 atom stereocenters. The van der Waals surface area contributed by atoms with Crippen molar-refractivity contribution >= 4 is 23.6 Å². The average Bonchev–Trinajstić information content (AvgIpc) is 3.68. The number of anilines is 1. The molecule has 1 unspecified atom stereocenters. The van der Waals surface area contributed by atoms with Gasteiger partial charge < -0.3 is 10.2 Å². The number of benzene rings is 1. The van der Waals surface area contributed by atoms with E-state index in [1.807, 2.05) is 0 Å². The zero-order valence-electron chi connectivity index (χ0n) is 17.3. The number of amides is 1. The minimum Gasteiger partial charge on any atom is -0.352 e. The lowest BCUT2D eigenvalue weighted by molar-refractivity contribution is -0.120. The second kappa shape index (κ2) is 8.21. The van der Waals surface area contributed by atoms with E-state index in [0.717, 1.165) is 61.4 Å². The molecule has 5 rings (SSSR count). The second-order valence-electron chi connectivity index (χ2n) is 8.89. The van der Waals surface area contributed by atoms with E-state index in [1.165, 1.54) is 36.7 Å². The van der Waals surface area contributed by atoms with Crippen molar-refractivity contribution in [1.82, 2.24) is 20.1 Å². The first-order chi connectivity index (χ1) is 14.6. The van der Waals surface area contributed by atoms with Crippen molar-refractivity contribution in [3.8, 4) is 0 Å². The lowest BCUT2D eigenvalue weighted by Gasteiger charge is -2.31. The van der Waals surface area contributed by atoms with Gasteiger partial charge in [-0.25, -0.2) is 4.39 Å². The van der Waals surface area contributed by atoms with Crippen LogP contribution < -0.4 is 10.2 Å². The van der Waals surface area contributed by atoms with E-state index in [1.54, 1.807) is 12.1 Å². The fourth-order valence-corrected chi connectivity index (χ4v) is 5.06. The van der Waals surface area contributed by atoms with Crippen LogP contribution in [0.25, 0.3) is 0 Å². The summed E-state index contributed by atoms with van der Waals surface area (Å²) < 4.78 is 15.7.